The molecule has 0 heterocycles. The number of alkyl halides is 3. The molecule has 21 heavy (non-hydrogen) atoms. The van der Waals surface area contributed by atoms with Crippen LogP contribution in [-0.4, -0.2) is 18.7 Å². The molecule has 2 nitrogen and oxygen atoms in total. The first-order valence-electron chi connectivity index (χ1n) is 7.23. The number of unbranched alkanes of at least 4 members (excludes halogenated alkanes) is 2. The minimum Gasteiger partial charge on any atom is -0.494 e. The van der Waals surface area contributed by atoms with Crippen LogP contribution >= 0.6 is 0 Å². The normalized spacial score (nSPS) is 12.5. The predicted octanol–water partition coefficient (Wildman–Crippen LogP) is 4.64. The highest BCUT2D eigenvalue weighted by atomic mass is 19.4. The van der Waals surface area contributed by atoms with E-state index in [0.29, 0.717) is 6.61 Å². The van der Waals surface area contributed by atoms with E-state index in [1.165, 1.54) is 6.07 Å². The van der Waals surface area contributed by atoms with Gasteiger partial charge in [-0.15, -0.1) is 0 Å². The summed E-state index contributed by atoms with van der Waals surface area (Å²) >= 11 is 0. The van der Waals surface area contributed by atoms with Crippen molar-refractivity contribution < 1.29 is 17.9 Å². The summed E-state index contributed by atoms with van der Waals surface area (Å²) in [5.74, 6) is 0.276. The topological polar surface area (TPSA) is 21.3 Å². The number of hydrogen-bond donors (Lipinski definition) is 1. The Morgan fingerprint density at radius 1 is 1.05 bits per heavy atom. The van der Waals surface area contributed by atoms with Crippen LogP contribution in [0.15, 0.2) is 24.3 Å². The lowest BCUT2D eigenvalue weighted by Crippen LogP contribution is -2.36. The van der Waals surface area contributed by atoms with Gasteiger partial charge in [-0.1, -0.05) is 6.07 Å². The second kappa shape index (κ2) is 7.69. The van der Waals surface area contributed by atoms with Crippen LogP contribution < -0.4 is 10.1 Å². The summed E-state index contributed by atoms with van der Waals surface area (Å²) in [6.45, 7) is 7.72. The summed E-state index contributed by atoms with van der Waals surface area (Å²) in [6, 6.07) is 5.01. The van der Waals surface area contributed by atoms with Gasteiger partial charge in [-0.25, -0.2) is 0 Å². The fourth-order valence-corrected chi connectivity index (χ4v) is 1.82. The second-order valence-electron chi connectivity index (χ2n) is 6.11. The molecular formula is C16H24F3NO. The van der Waals surface area contributed by atoms with Gasteiger partial charge in [-0.3, -0.25) is 0 Å². The molecule has 0 saturated carbocycles. The van der Waals surface area contributed by atoms with Crippen molar-refractivity contribution in [2.75, 3.05) is 13.2 Å². The van der Waals surface area contributed by atoms with Gasteiger partial charge < -0.3 is 10.1 Å². The zero-order valence-electron chi connectivity index (χ0n) is 12.9. The first-order valence-corrected chi connectivity index (χ1v) is 7.23. The largest absolute Gasteiger partial charge is 0.494 e. The molecule has 0 amide bonds. The predicted molar refractivity (Wildman–Crippen MR) is 78.5 cm³/mol. The van der Waals surface area contributed by atoms with Crippen LogP contribution in [0, 0.1) is 0 Å². The molecule has 0 fully saturated rings. The molecule has 0 radical (unpaired) electrons. The standard InChI is InChI=1S/C16H24F3NO/c1-15(2,3)20-10-5-4-6-11-21-14-9-7-8-13(12-14)16(17,18)19/h7-9,12,20H,4-6,10-11H2,1-3H3. The maximum atomic E-state index is 12.5. The van der Waals surface area contributed by atoms with Crippen LogP contribution in [0.1, 0.15) is 45.6 Å². The highest BCUT2D eigenvalue weighted by molar-refractivity contribution is 5.30. The summed E-state index contributed by atoms with van der Waals surface area (Å²) in [6.07, 6.45) is -1.47. The average Bonchev–Trinajstić information content (AvgIpc) is 2.35. The van der Waals surface area contributed by atoms with Gasteiger partial charge in [0, 0.05) is 5.54 Å². The van der Waals surface area contributed by atoms with Crippen LogP contribution in [0.4, 0.5) is 13.2 Å². The van der Waals surface area contributed by atoms with Crippen molar-refractivity contribution in [2.24, 2.45) is 0 Å². The van der Waals surface area contributed by atoms with Crippen LogP contribution in [-0.2, 0) is 6.18 Å². The minimum absolute atomic E-state index is 0.120. The molecule has 0 atom stereocenters. The maximum Gasteiger partial charge on any atom is 0.416 e. The fourth-order valence-electron chi connectivity index (χ4n) is 1.82. The maximum absolute atomic E-state index is 12.5. The molecule has 0 aromatic heterocycles. The Hall–Kier alpha value is -1.23. The summed E-state index contributed by atoms with van der Waals surface area (Å²) in [7, 11) is 0. The van der Waals surface area contributed by atoms with E-state index >= 15 is 0 Å². The molecule has 120 valence electrons. The SMILES string of the molecule is CC(C)(C)NCCCCCOc1cccc(C(F)(F)F)c1. The highest BCUT2D eigenvalue weighted by Gasteiger charge is 2.30. The van der Waals surface area contributed by atoms with Crippen molar-refractivity contribution in [3.8, 4) is 5.75 Å². The zero-order valence-corrected chi connectivity index (χ0v) is 12.9. The lowest BCUT2D eigenvalue weighted by molar-refractivity contribution is -0.137. The Morgan fingerprint density at radius 3 is 2.38 bits per heavy atom. The smallest absolute Gasteiger partial charge is 0.416 e. The monoisotopic (exact) mass is 303 g/mol. The Kier molecular flexibility index (Phi) is 6.52. The Balaban J connectivity index is 2.22. The minimum atomic E-state index is -4.32. The van der Waals surface area contributed by atoms with E-state index in [2.05, 4.69) is 26.1 Å². The third-order valence-corrected chi connectivity index (χ3v) is 2.91. The average molecular weight is 303 g/mol. The molecule has 0 saturated heterocycles. The number of nitrogens with one attached hydrogen (secondary N) is 1. The molecule has 1 aromatic carbocycles. The van der Waals surface area contributed by atoms with Crippen LogP contribution in [0.2, 0.25) is 0 Å². The van der Waals surface area contributed by atoms with Crippen molar-refractivity contribution in [3.63, 3.8) is 0 Å². The molecular weight excluding hydrogens is 279 g/mol. The Labute approximate surface area is 124 Å². The van der Waals surface area contributed by atoms with Gasteiger partial charge >= 0.3 is 6.18 Å². The quantitative estimate of drug-likeness (QED) is 0.741. The number of rotatable bonds is 7. The van der Waals surface area contributed by atoms with Crippen LogP contribution in [0.5, 0.6) is 5.75 Å². The summed E-state index contributed by atoms with van der Waals surface area (Å²) < 4.78 is 43.0. The number of halogens is 3. The molecule has 0 aliphatic rings. The van der Waals surface area contributed by atoms with Crippen LogP contribution in [0.25, 0.3) is 0 Å². The van der Waals surface area contributed by atoms with Crippen molar-refractivity contribution in [2.45, 2.75) is 51.7 Å². The Morgan fingerprint density at radius 2 is 1.76 bits per heavy atom. The van der Waals surface area contributed by atoms with Crippen molar-refractivity contribution in [1.29, 1.82) is 0 Å². The van der Waals surface area contributed by atoms with E-state index in [4.69, 9.17) is 4.74 Å². The number of benzene rings is 1. The summed E-state index contributed by atoms with van der Waals surface area (Å²) in [5.41, 5.74) is -0.552. The van der Waals surface area contributed by atoms with Gasteiger partial charge in [0.2, 0.25) is 0 Å². The van der Waals surface area contributed by atoms with E-state index in [1.807, 2.05) is 0 Å². The molecule has 1 rings (SSSR count). The van der Waals surface area contributed by atoms with Gasteiger partial charge in [0.05, 0.1) is 12.2 Å². The van der Waals surface area contributed by atoms with Gasteiger partial charge in [0.15, 0.2) is 0 Å². The van der Waals surface area contributed by atoms with Crippen LogP contribution in [0.3, 0.4) is 0 Å². The van der Waals surface area contributed by atoms with Gasteiger partial charge in [-0.2, -0.15) is 13.2 Å². The van der Waals surface area contributed by atoms with E-state index in [0.717, 1.165) is 37.9 Å². The lowest BCUT2D eigenvalue weighted by Gasteiger charge is -2.20. The molecule has 0 spiro atoms. The first kappa shape index (κ1) is 17.8. The van der Waals surface area contributed by atoms with E-state index in [-0.39, 0.29) is 11.3 Å². The van der Waals surface area contributed by atoms with Gasteiger partial charge in [0.1, 0.15) is 5.75 Å². The molecule has 0 unspecified atom stereocenters. The van der Waals surface area contributed by atoms with E-state index < -0.39 is 11.7 Å². The molecule has 0 aliphatic carbocycles. The van der Waals surface area contributed by atoms with Gasteiger partial charge in [0.25, 0.3) is 0 Å². The molecule has 0 bridgehead atoms. The lowest BCUT2D eigenvalue weighted by atomic mass is 10.1. The van der Waals surface area contributed by atoms with Crippen molar-refractivity contribution in [1.82, 2.24) is 5.32 Å². The first-order chi connectivity index (χ1) is 9.68. The molecule has 1 N–H and O–H groups in total. The Bertz CT molecular complexity index is 424. The van der Waals surface area contributed by atoms with E-state index in [1.54, 1.807) is 6.07 Å². The fraction of sp³-hybridized carbons (Fsp3) is 0.625. The van der Waals surface area contributed by atoms with E-state index in [9.17, 15) is 13.2 Å². The third-order valence-electron chi connectivity index (χ3n) is 2.91. The van der Waals surface area contributed by atoms with Crippen molar-refractivity contribution >= 4 is 0 Å². The molecule has 1 aromatic rings. The van der Waals surface area contributed by atoms with Crippen molar-refractivity contribution in [3.05, 3.63) is 29.8 Å². The molecule has 0 aliphatic heterocycles. The van der Waals surface area contributed by atoms with Gasteiger partial charge in [-0.05, 0) is 64.8 Å². The highest BCUT2D eigenvalue weighted by Crippen LogP contribution is 2.31. The third kappa shape index (κ3) is 7.95. The summed E-state index contributed by atoms with van der Waals surface area (Å²) in [5, 5.41) is 3.39. The summed E-state index contributed by atoms with van der Waals surface area (Å²) in [4.78, 5) is 0. The number of ether oxygens (including phenoxy) is 1. The number of hydrogen-bond acceptors (Lipinski definition) is 2. The molecule has 5 heteroatoms. The second-order valence-corrected chi connectivity index (χ2v) is 6.11. The zero-order chi connectivity index (χ0) is 15.9.